The highest BCUT2D eigenvalue weighted by atomic mass is 32.2. The van der Waals surface area contributed by atoms with E-state index in [1.165, 1.54) is 0 Å². The second-order valence-electron chi connectivity index (χ2n) is 4.55. The van der Waals surface area contributed by atoms with Gasteiger partial charge < -0.3 is 4.74 Å². The summed E-state index contributed by atoms with van der Waals surface area (Å²) in [6.45, 7) is 0.301. The Bertz CT molecular complexity index is 906. The highest BCUT2D eigenvalue weighted by Gasteiger charge is 2.17. The van der Waals surface area contributed by atoms with E-state index in [0.29, 0.717) is 11.6 Å². The summed E-state index contributed by atoms with van der Waals surface area (Å²) >= 11 is 1.15. The van der Waals surface area contributed by atoms with Crippen molar-refractivity contribution in [1.29, 1.82) is 0 Å². The molecule has 8 heteroatoms. The molecule has 0 aliphatic heterocycles. The SMILES string of the molecule is COCc1nnc(NS(=O)(=O)c2ccc3ccccc3c2)s1. The van der Waals surface area contributed by atoms with Crippen LogP contribution < -0.4 is 4.72 Å². The molecule has 2 aromatic carbocycles. The number of fused-ring (bicyclic) bond motifs is 1. The lowest BCUT2D eigenvalue weighted by Crippen LogP contribution is -2.12. The molecule has 114 valence electrons. The Kier molecular flexibility index (Phi) is 4.06. The molecule has 3 aromatic rings. The van der Waals surface area contributed by atoms with E-state index in [-0.39, 0.29) is 10.0 Å². The number of rotatable bonds is 5. The molecular formula is C14H13N3O3S2. The number of anilines is 1. The van der Waals surface area contributed by atoms with Gasteiger partial charge in [-0.2, -0.15) is 0 Å². The summed E-state index contributed by atoms with van der Waals surface area (Å²) in [6, 6.07) is 12.6. The van der Waals surface area contributed by atoms with Gasteiger partial charge >= 0.3 is 0 Å². The van der Waals surface area contributed by atoms with Crippen molar-refractivity contribution >= 4 is 37.3 Å². The number of nitrogens with one attached hydrogen (secondary N) is 1. The quantitative estimate of drug-likeness (QED) is 0.775. The molecule has 0 amide bonds. The van der Waals surface area contributed by atoms with Crippen molar-refractivity contribution in [2.24, 2.45) is 0 Å². The molecule has 3 rings (SSSR count). The first-order valence-corrected chi connectivity index (χ1v) is 8.71. The Morgan fingerprint density at radius 3 is 2.68 bits per heavy atom. The smallest absolute Gasteiger partial charge is 0.263 e. The molecule has 1 N–H and O–H groups in total. The van der Waals surface area contributed by atoms with E-state index in [4.69, 9.17) is 4.74 Å². The van der Waals surface area contributed by atoms with E-state index >= 15 is 0 Å². The number of ether oxygens (including phenoxy) is 1. The number of benzene rings is 2. The molecule has 0 fully saturated rings. The summed E-state index contributed by atoms with van der Waals surface area (Å²) in [5, 5.41) is 10.3. The second-order valence-corrected chi connectivity index (χ2v) is 7.29. The molecule has 0 aliphatic rings. The number of hydrogen-bond acceptors (Lipinski definition) is 6. The topological polar surface area (TPSA) is 81.2 Å². The lowest BCUT2D eigenvalue weighted by molar-refractivity contribution is 0.184. The van der Waals surface area contributed by atoms with Crippen molar-refractivity contribution in [3.8, 4) is 0 Å². The third-order valence-corrected chi connectivity index (χ3v) is 5.27. The second kappa shape index (κ2) is 5.99. The van der Waals surface area contributed by atoms with Gasteiger partial charge in [0.2, 0.25) is 5.13 Å². The first-order chi connectivity index (χ1) is 10.6. The van der Waals surface area contributed by atoms with Gasteiger partial charge in [-0.05, 0) is 22.9 Å². The van der Waals surface area contributed by atoms with E-state index in [0.717, 1.165) is 22.1 Å². The molecule has 0 saturated heterocycles. The maximum Gasteiger partial charge on any atom is 0.263 e. The minimum atomic E-state index is -3.69. The van der Waals surface area contributed by atoms with Gasteiger partial charge in [0.1, 0.15) is 11.6 Å². The predicted octanol–water partition coefficient (Wildman–Crippen LogP) is 2.64. The third-order valence-electron chi connectivity index (χ3n) is 2.99. The van der Waals surface area contributed by atoms with Crippen LogP contribution in [0.3, 0.4) is 0 Å². The first kappa shape index (κ1) is 14.9. The average Bonchev–Trinajstić information content (AvgIpc) is 2.93. The molecular weight excluding hydrogens is 322 g/mol. The molecule has 22 heavy (non-hydrogen) atoms. The molecule has 0 aliphatic carbocycles. The van der Waals surface area contributed by atoms with Crippen LogP contribution in [0.5, 0.6) is 0 Å². The predicted molar refractivity (Wildman–Crippen MR) is 85.4 cm³/mol. The van der Waals surface area contributed by atoms with Gasteiger partial charge in [0, 0.05) is 7.11 Å². The van der Waals surface area contributed by atoms with E-state index in [1.54, 1.807) is 25.3 Å². The Balaban J connectivity index is 1.89. The van der Waals surface area contributed by atoms with Crippen LogP contribution in [0.2, 0.25) is 0 Å². The Morgan fingerprint density at radius 1 is 1.14 bits per heavy atom. The van der Waals surface area contributed by atoms with Crippen LogP contribution in [0.1, 0.15) is 5.01 Å². The van der Waals surface area contributed by atoms with Gasteiger partial charge in [0.05, 0.1) is 4.90 Å². The monoisotopic (exact) mass is 335 g/mol. The molecule has 0 saturated carbocycles. The minimum absolute atomic E-state index is 0.190. The van der Waals surface area contributed by atoms with Crippen LogP contribution in [0, 0.1) is 0 Å². The van der Waals surface area contributed by atoms with Gasteiger partial charge in [-0.3, -0.25) is 4.72 Å². The number of methoxy groups -OCH3 is 1. The third kappa shape index (κ3) is 3.08. The molecule has 0 atom stereocenters. The number of hydrogen-bond donors (Lipinski definition) is 1. The maximum atomic E-state index is 12.4. The van der Waals surface area contributed by atoms with Crippen LogP contribution in [0.4, 0.5) is 5.13 Å². The van der Waals surface area contributed by atoms with E-state index in [1.807, 2.05) is 24.3 Å². The van der Waals surface area contributed by atoms with Gasteiger partial charge in [0.25, 0.3) is 10.0 Å². The van der Waals surface area contributed by atoms with Crippen molar-refractivity contribution in [3.63, 3.8) is 0 Å². The highest BCUT2D eigenvalue weighted by Crippen LogP contribution is 2.23. The van der Waals surface area contributed by atoms with E-state index < -0.39 is 10.0 Å². The minimum Gasteiger partial charge on any atom is -0.377 e. The standard InChI is InChI=1S/C14H13N3O3S2/c1-20-9-13-15-16-14(21-13)17-22(18,19)12-7-6-10-4-2-3-5-11(10)8-12/h2-8H,9H2,1H3,(H,16,17). The number of sulfonamides is 1. The van der Waals surface area contributed by atoms with Crippen molar-refractivity contribution in [2.45, 2.75) is 11.5 Å². The van der Waals surface area contributed by atoms with Crippen molar-refractivity contribution in [2.75, 3.05) is 11.8 Å². The molecule has 0 bridgehead atoms. The molecule has 1 aromatic heterocycles. The summed E-state index contributed by atoms with van der Waals surface area (Å²) in [7, 11) is -2.15. The largest absolute Gasteiger partial charge is 0.377 e. The highest BCUT2D eigenvalue weighted by molar-refractivity contribution is 7.93. The van der Waals surface area contributed by atoms with E-state index in [2.05, 4.69) is 14.9 Å². The molecule has 1 heterocycles. The zero-order valence-electron chi connectivity index (χ0n) is 11.7. The van der Waals surface area contributed by atoms with Crippen LogP contribution in [0.15, 0.2) is 47.4 Å². The Labute approximate surface area is 131 Å². The summed E-state index contributed by atoms with van der Waals surface area (Å²) in [6.07, 6.45) is 0. The molecule has 0 radical (unpaired) electrons. The number of aromatic nitrogens is 2. The average molecular weight is 335 g/mol. The fraction of sp³-hybridized carbons (Fsp3) is 0.143. The molecule has 6 nitrogen and oxygen atoms in total. The fourth-order valence-electron chi connectivity index (χ4n) is 1.99. The zero-order valence-corrected chi connectivity index (χ0v) is 13.3. The van der Waals surface area contributed by atoms with Gasteiger partial charge in [-0.25, -0.2) is 8.42 Å². The van der Waals surface area contributed by atoms with Crippen molar-refractivity contribution in [1.82, 2.24) is 10.2 Å². The fourth-order valence-corrected chi connectivity index (χ4v) is 3.96. The van der Waals surface area contributed by atoms with Gasteiger partial charge in [0.15, 0.2) is 0 Å². The lowest BCUT2D eigenvalue weighted by Gasteiger charge is -2.06. The van der Waals surface area contributed by atoms with Crippen LogP contribution in [-0.2, 0) is 21.4 Å². The lowest BCUT2D eigenvalue weighted by atomic mass is 10.1. The number of nitrogens with zero attached hydrogens (tertiary/aromatic N) is 2. The van der Waals surface area contributed by atoms with Crippen molar-refractivity contribution < 1.29 is 13.2 Å². The summed E-state index contributed by atoms with van der Waals surface area (Å²) in [5.74, 6) is 0. The Hall–Kier alpha value is -2.03. The Morgan fingerprint density at radius 2 is 1.91 bits per heavy atom. The molecule has 0 unspecified atom stereocenters. The van der Waals surface area contributed by atoms with Gasteiger partial charge in [-0.15, -0.1) is 10.2 Å². The van der Waals surface area contributed by atoms with Crippen molar-refractivity contribution in [3.05, 3.63) is 47.5 Å². The zero-order chi connectivity index (χ0) is 15.6. The summed E-state index contributed by atoms with van der Waals surface area (Å²) < 4.78 is 32.2. The van der Waals surface area contributed by atoms with Gasteiger partial charge in [-0.1, -0.05) is 41.7 Å². The molecule has 0 spiro atoms. The van der Waals surface area contributed by atoms with E-state index in [9.17, 15) is 8.42 Å². The van der Waals surface area contributed by atoms with Crippen LogP contribution >= 0.6 is 11.3 Å². The van der Waals surface area contributed by atoms with Crippen LogP contribution in [-0.4, -0.2) is 25.7 Å². The normalized spacial score (nSPS) is 11.7. The maximum absolute atomic E-state index is 12.4. The summed E-state index contributed by atoms with van der Waals surface area (Å²) in [4.78, 5) is 0.190. The summed E-state index contributed by atoms with van der Waals surface area (Å²) in [5.41, 5.74) is 0. The van der Waals surface area contributed by atoms with Crippen LogP contribution in [0.25, 0.3) is 10.8 Å². The first-order valence-electron chi connectivity index (χ1n) is 6.41.